The van der Waals surface area contributed by atoms with Crippen LogP contribution in [0.1, 0.15) is 18.1 Å². The topological polar surface area (TPSA) is 72.2 Å². The van der Waals surface area contributed by atoms with Gasteiger partial charge in [-0.3, -0.25) is 4.72 Å². The molecule has 0 radical (unpaired) electrons. The van der Waals surface area contributed by atoms with Crippen molar-refractivity contribution in [1.29, 1.82) is 0 Å². The molecule has 2 aromatic rings. The Labute approximate surface area is 133 Å². The molecule has 0 aromatic heterocycles. The summed E-state index contributed by atoms with van der Waals surface area (Å²) >= 11 is 3.28. The Morgan fingerprint density at radius 2 is 1.90 bits per heavy atom. The third-order valence-corrected chi connectivity index (χ3v) is 5.52. The fourth-order valence-corrected chi connectivity index (χ4v) is 4.12. The zero-order valence-electron chi connectivity index (χ0n) is 11.6. The number of benzene rings is 2. The first-order valence-electron chi connectivity index (χ1n) is 6.57. The zero-order chi connectivity index (χ0) is 15.5. The van der Waals surface area contributed by atoms with E-state index in [1.807, 2.05) is 25.1 Å². The summed E-state index contributed by atoms with van der Waals surface area (Å²) in [6.45, 7) is 2.28. The van der Waals surface area contributed by atoms with Crippen LogP contribution in [0.5, 0.6) is 0 Å². The molecule has 0 bridgehead atoms. The molecule has 0 saturated heterocycles. The van der Waals surface area contributed by atoms with Gasteiger partial charge in [0.05, 0.1) is 5.69 Å². The first-order chi connectivity index (χ1) is 9.97. The van der Waals surface area contributed by atoms with Crippen LogP contribution < -0.4 is 10.5 Å². The Bertz CT molecular complexity index is 745. The third kappa shape index (κ3) is 3.64. The molecule has 0 atom stereocenters. The van der Waals surface area contributed by atoms with Gasteiger partial charge in [-0.1, -0.05) is 31.2 Å². The molecule has 21 heavy (non-hydrogen) atoms. The minimum Gasteiger partial charge on any atom is -0.326 e. The van der Waals surface area contributed by atoms with E-state index in [4.69, 9.17) is 5.73 Å². The normalized spacial score (nSPS) is 11.4. The van der Waals surface area contributed by atoms with Gasteiger partial charge >= 0.3 is 0 Å². The minimum absolute atomic E-state index is 0.191. The van der Waals surface area contributed by atoms with Gasteiger partial charge in [-0.05, 0) is 51.7 Å². The molecule has 3 N–H and O–H groups in total. The van der Waals surface area contributed by atoms with E-state index >= 15 is 0 Å². The van der Waals surface area contributed by atoms with E-state index in [1.165, 1.54) is 0 Å². The average molecular weight is 369 g/mol. The van der Waals surface area contributed by atoms with Gasteiger partial charge in [0, 0.05) is 11.0 Å². The number of hydrogen-bond acceptors (Lipinski definition) is 3. The van der Waals surface area contributed by atoms with Crippen molar-refractivity contribution in [2.75, 3.05) is 4.72 Å². The second-order valence-corrected chi connectivity index (χ2v) is 7.09. The Morgan fingerprint density at radius 1 is 1.19 bits per heavy atom. The highest BCUT2D eigenvalue weighted by Crippen LogP contribution is 2.26. The fraction of sp³-hybridized carbons (Fsp3) is 0.200. The van der Waals surface area contributed by atoms with Gasteiger partial charge in [0.2, 0.25) is 0 Å². The first-order valence-corrected chi connectivity index (χ1v) is 8.84. The third-order valence-electron chi connectivity index (χ3n) is 3.16. The molecule has 0 heterocycles. The Hall–Kier alpha value is -1.37. The van der Waals surface area contributed by atoms with Gasteiger partial charge in [0.25, 0.3) is 10.0 Å². The molecule has 0 aliphatic rings. The Balaban J connectivity index is 2.43. The summed E-state index contributed by atoms with van der Waals surface area (Å²) in [5, 5.41) is 0. The molecule has 0 aliphatic carbocycles. The highest BCUT2D eigenvalue weighted by atomic mass is 79.9. The fourth-order valence-electron chi connectivity index (χ4n) is 2.01. The van der Waals surface area contributed by atoms with Crippen molar-refractivity contribution in [2.45, 2.75) is 24.8 Å². The van der Waals surface area contributed by atoms with E-state index in [0.29, 0.717) is 16.7 Å². The molecule has 0 unspecified atom stereocenters. The monoisotopic (exact) mass is 368 g/mol. The van der Waals surface area contributed by atoms with Crippen LogP contribution in [0.4, 0.5) is 5.69 Å². The predicted octanol–water partition coefficient (Wildman–Crippen LogP) is 3.27. The van der Waals surface area contributed by atoms with E-state index in [0.717, 1.165) is 17.5 Å². The number of nitrogens with one attached hydrogen (secondary N) is 1. The van der Waals surface area contributed by atoms with Gasteiger partial charge in [-0.2, -0.15) is 0 Å². The lowest BCUT2D eigenvalue weighted by molar-refractivity contribution is 0.600. The molecule has 0 amide bonds. The van der Waals surface area contributed by atoms with Crippen LogP contribution in [0.2, 0.25) is 0 Å². The standard InChI is InChI=1S/C15H17BrN2O2S/c1-2-12-5-3-4-6-14(12)18-21(19,20)15-9-11(10-17)7-8-13(15)16/h3-9,18H,2,10,17H2,1H3. The summed E-state index contributed by atoms with van der Waals surface area (Å²) in [5.74, 6) is 0. The van der Waals surface area contributed by atoms with Crippen LogP contribution in [0.15, 0.2) is 51.8 Å². The van der Waals surface area contributed by atoms with Crippen molar-refractivity contribution in [3.05, 3.63) is 58.1 Å². The maximum atomic E-state index is 12.6. The quantitative estimate of drug-likeness (QED) is 0.850. The lowest BCUT2D eigenvalue weighted by atomic mass is 10.1. The zero-order valence-corrected chi connectivity index (χ0v) is 14.0. The number of nitrogens with two attached hydrogens (primary N) is 1. The summed E-state index contributed by atoms with van der Waals surface area (Å²) in [5.41, 5.74) is 7.90. The van der Waals surface area contributed by atoms with E-state index < -0.39 is 10.0 Å². The van der Waals surface area contributed by atoms with E-state index in [9.17, 15) is 8.42 Å². The number of para-hydroxylation sites is 1. The van der Waals surface area contributed by atoms with Gasteiger partial charge in [0.15, 0.2) is 0 Å². The summed E-state index contributed by atoms with van der Waals surface area (Å²) < 4.78 is 28.3. The van der Waals surface area contributed by atoms with Crippen LogP contribution in [-0.2, 0) is 23.0 Å². The molecule has 2 aromatic carbocycles. The van der Waals surface area contributed by atoms with Crippen molar-refractivity contribution in [3.63, 3.8) is 0 Å². The number of aryl methyl sites for hydroxylation is 1. The molecule has 0 fully saturated rings. The lowest BCUT2D eigenvalue weighted by Gasteiger charge is -2.13. The van der Waals surface area contributed by atoms with E-state index in [1.54, 1.807) is 24.3 Å². The number of halogens is 1. The van der Waals surface area contributed by atoms with Crippen LogP contribution in [0.3, 0.4) is 0 Å². The predicted molar refractivity (Wildman–Crippen MR) is 88.7 cm³/mol. The average Bonchev–Trinajstić information content (AvgIpc) is 2.47. The molecule has 0 aliphatic heterocycles. The Kier molecular flexibility index (Phi) is 5.03. The summed E-state index contributed by atoms with van der Waals surface area (Å²) in [4.78, 5) is 0.191. The number of rotatable bonds is 5. The summed E-state index contributed by atoms with van der Waals surface area (Å²) in [6, 6.07) is 12.4. The number of sulfonamides is 1. The van der Waals surface area contributed by atoms with Crippen molar-refractivity contribution in [2.24, 2.45) is 5.73 Å². The molecule has 2 rings (SSSR count). The highest BCUT2D eigenvalue weighted by molar-refractivity contribution is 9.10. The molecular weight excluding hydrogens is 352 g/mol. The number of anilines is 1. The van der Waals surface area contributed by atoms with Crippen molar-refractivity contribution in [1.82, 2.24) is 0 Å². The van der Waals surface area contributed by atoms with Crippen LogP contribution in [-0.4, -0.2) is 8.42 Å². The Morgan fingerprint density at radius 3 is 2.57 bits per heavy atom. The van der Waals surface area contributed by atoms with Crippen molar-refractivity contribution >= 4 is 31.6 Å². The molecular formula is C15H17BrN2O2S. The second kappa shape index (κ2) is 6.60. The van der Waals surface area contributed by atoms with Crippen LogP contribution in [0, 0.1) is 0 Å². The second-order valence-electron chi connectivity index (χ2n) is 4.59. The maximum Gasteiger partial charge on any atom is 0.263 e. The largest absolute Gasteiger partial charge is 0.326 e. The molecule has 0 spiro atoms. The van der Waals surface area contributed by atoms with Gasteiger partial charge < -0.3 is 5.73 Å². The maximum absolute atomic E-state index is 12.6. The van der Waals surface area contributed by atoms with E-state index in [-0.39, 0.29) is 4.90 Å². The van der Waals surface area contributed by atoms with Crippen molar-refractivity contribution < 1.29 is 8.42 Å². The van der Waals surface area contributed by atoms with Crippen LogP contribution in [0.25, 0.3) is 0 Å². The van der Waals surface area contributed by atoms with Crippen molar-refractivity contribution in [3.8, 4) is 0 Å². The van der Waals surface area contributed by atoms with Gasteiger partial charge in [-0.25, -0.2) is 8.42 Å². The molecule has 0 saturated carbocycles. The smallest absolute Gasteiger partial charge is 0.263 e. The van der Waals surface area contributed by atoms with Gasteiger partial charge in [0.1, 0.15) is 4.90 Å². The first kappa shape index (κ1) is 16.0. The molecule has 4 nitrogen and oxygen atoms in total. The summed E-state index contributed by atoms with van der Waals surface area (Å²) in [7, 11) is -3.66. The van der Waals surface area contributed by atoms with Gasteiger partial charge in [-0.15, -0.1) is 0 Å². The van der Waals surface area contributed by atoms with E-state index in [2.05, 4.69) is 20.7 Å². The lowest BCUT2D eigenvalue weighted by Crippen LogP contribution is -2.15. The molecule has 112 valence electrons. The highest BCUT2D eigenvalue weighted by Gasteiger charge is 2.19. The summed E-state index contributed by atoms with van der Waals surface area (Å²) in [6.07, 6.45) is 0.753. The molecule has 6 heteroatoms. The SMILES string of the molecule is CCc1ccccc1NS(=O)(=O)c1cc(CN)ccc1Br. The number of hydrogen-bond donors (Lipinski definition) is 2. The van der Waals surface area contributed by atoms with Crippen LogP contribution >= 0.6 is 15.9 Å². The minimum atomic E-state index is -3.66.